The van der Waals surface area contributed by atoms with Crippen LogP contribution in [0, 0.1) is 0 Å². The van der Waals surface area contributed by atoms with Gasteiger partial charge in [-0.15, -0.1) is 12.4 Å². The normalized spacial score (nSPS) is 16.6. The zero-order valence-electron chi connectivity index (χ0n) is 13.8. The zero-order valence-corrected chi connectivity index (χ0v) is 14.6. The summed E-state index contributed by atoms with van der Waals surface area (Å²) >= 11 is 0. The van der Waals surface area contributed by atoms with Crippen LogP contribution in [0.25, 0.3) is 0 Å². The highest BCUT2D eigenvalue weighted by Gasteiger charge is 2.24. The molecule has 0 aromatic heterocycles. The predicted octanol–water partition coefficient (Wildman–Crippen LogP) is 2.07. The van der Waals surface area contributed by atoms with Gasteiger partial charge in [-0.05, 0) is 45.0 Å². The lowest BCUT2D eigenvalue weighted by atomic mass is 10.1. The quantitative estimate of drug-likeness (QED) is 0.785. The number of halogens is 1. The molecule has 1 aromatic carbocycles. The predicted molar refractivity (Wildman–Crippen MR) is 94.3 cm³/mol. The molecule has 0 bridgehead atoms. The molecule has 0 radical (unpaired) electrons. The molecule has 3 N–H and O–H groups in total. The summed E-state index contributed by atoms with van der Waals surface area (Å²) in [6.07, 6.45) is 0.969. The number of anilines is 1. The third-order valence-electron chi connectivity index (χ3n) is 3.69. The van der Waals surface area contributed by atoms with Crippen LogP contribution >= 0.6 is 12.4 Å². The van der Waals surface area contributed by atoms with Crippen LogP contribution in [-0.2, 0) is 0 Å². The first-order valence-corrected chi connectivity index (χ1v) is 7.63. The number of benzene rings is 1. The average Bonchev–Trinajstić information content (AvgIpc) is 2.99. The van der Waals surface area contributed by atoms with Crippen LogP contribution in [0.1, 0.15) is 30.6 Å². The zero-order chi connectivity index (χ0) is 16.1. The van der Waals surface area contributed by atoms with E-state index in [1.165, 1.54) is 0 Å². The number of carbonyl (C=O) groups excluding carboxylic acids is 2. The number of hydrogen-bond acceptors (Lipinski definition) is 3. The largest absolute Gasteiger partial charge is 0.337 e. The van der Waals surface area contributed by atoms with Gasteiger partial charge in [-0.2, -0.15) is 0 Å². The number of nitrogens with zero attached hydrogens (tertiary/aromatic N) is 1. The van der Waals surface area contributed by atoms with Crippen molar-refractivity contribution in [1.82, 2.24) is 15.5 Å². The number of carbonyl (C=O) groups is 2. The van der Waals surface area contributed by atoms with Crippen molar-refractivity contribution < 1.29 is 9.59 Å². The molecule has 0 saturated carbocycles. The van der Waals surface area contributed by atoms with Crippen LogP contribution in [0.15, 0.2) is 24.3 Å². The van der Waals surface area contributed by atoms with E-state index in [9.17, 15) is 9.59 Å². The highest BCUT2D eigenvalue weighted by molar-refractivity contribution is 5.97. The molecule has 1 fully saturated rings. The first-order valence-electron chi connectivity index (χ1n) is 7.63. The molecule has 1 heterocycles. The molecular formula is C16H25ClN4O2. The summed E-state index contributed by atoms with van der Waals surface area (Å²) in [5.74, 6) is -0.0263. The number of urea groups is 1. The van der Waals surface area contributed by atoms with Crippen LogP contribution in [-0.4, -0.2) is 49.1 Å². The van der Waals surface area contributed by atoms with Crippen LogP contribution in [0.3, 0.4) is 0 Å². The maximum atomic E-state index is 12.5. The highest BCUT2D eigenvalue weighted by Crippen LogP contribution is 2.15. The van der Waals surface area contributed by atoms with Crippen LogP contribution in [0.5, 0.6) is 0 Å². The molecule has 0 aliphatic carbocycles. The number of nitrogens with one attached hydrogen (secondary N) is 3. The summed E-state index contributed by atoms with van der Waals surface area (Å²) in [4.78, 5) is 26.0. The first-order chi connectivity index (χ1) is 10.5. The third-order valence-corrected chi connectivity index (χ3v) is 3.69. The van der Waals surface area contributed by atoms with Crippen molar-refractivity contribution in [1.29, 1.82) is 0 Å². The van der Waals surface area contributed by atoms with Gasteiger partial charge in [0, 0.05) is 36.9 Å². The van der Waals surface area contributed by atoms with E-state index in [1.54, 1.807) is 29.2 Å². The van der Waals surface area contributed by atoms with E-state index in [2.05, 4.69) is 16.0 Å². The summed E-state index contributed by atoms with van der Waals surface area (Å²) in [7, 11) is 1.82. The standard InChI is InChI=1S/C16H24N4O2.ClH/c1-11(2)18-16(22)19-13-6-4-5-12(9-13)15(21)20(3)14-7-8-17-10-14;/h4-6,9,11,14,17H,7-8,10H2,1-3H3,(H2,18,19,22);1H. The van der Waals surface area contributed by atoms with Crippen molar-refractivity contribution in [2.75, 3.05) is 25.5 Å². The minimum absolute atomic E-state index is 0. The topological polar surface area (TPSA) is 73.5 Å². The summed E-state index contributed by atoms with van der Waals surface area (Å²) in [6, 6.07) is 7.05. The molecular weight excluding hydrogens is 316 g/mol. The Labute approximate surface area is 143 Å². The second kappa shape index (κ2) is 8.74. The maximum absolute atomic E-state index is 12.5. The van der Waals surface area contributed by atoms with E-state index in [-0.39, 0.29) is 36.4 Å². The maximum Gasteiger partial charge on any atom is 0.319 e. The van der Waals surface area contributed by atoms with Gasteiger partial charge in [0.15, 0.2) is 0 Å². The fraction of sp³-hybridized carbons (Fsp3) is 0.500. The number of hydrogen-bond donors (Lipinski definition) is 3. The van der Waals surface area contributed by atoms with Crippen molar-refractivity contribution in [2.45, 2.75) is 32.4 Å². The second-order valence-corrected chi connectivity index (χ2v) is 5.90. The molecule has 1 aromatic rings. The van der Waals surface area contributed by atoms with E-state index in [1.807, 2.05) is 20.9 Å². The lowest BCUT2D eigenvalue weighted by molar-refractivity contribution is 0.0744. The molecule has 1 aliphatic rings. The Balaban J connectivity index is 0.00000264. The first kappa shape index (κ1) is 19.3. The van der Waals surface area contributed by atoms with E-state index in [4.69, 9.17) is 0 Å². The minimum Gasteiger partial charge on any atom is -0.337 e. The van der Waals surface area contributed by atoms with Gasteiger partial charge >= 0.3 is 6.03 Å². The van der Waals surface area contributed by atoms with Crippen molar-refractivity contribution in [3.63, 3.8) is 0 Å². The molecule has 128 valence electrons. The number of likely N-dealkylation sites (N-methyl/N-ethyl adjacent to an activating group) is 1. The second-order valence-electron chi connectivity index (χ2n) is 5.90. The van der Waals surface area contributed by atoms with Gasteiger partial charge in [0.25, 0.3) is 5.91 Å². The molecule has 1 atom stereocenters. The third kappa shape index (κ3) is 5.41. The van der Waals surface area contributed by atoms with Crippen LogP contribution in [0.4, 0.5) is 10.5 Å². The van der Waals surface area contributed by atoms with Crippen molar-refractivity contribution in [2.24, 2.45) is 0 Å². The van der Waals surface area contributed by atoms with Gasteiger partial charge < -0.3 is 20.9 Å². The van der Waals surface area contributed by atoms with Crippen LogP contribution < -0.4 is 16.0 Å². The van der Waals surface area contributed by atoms with E-state index in [0.717, 1.165) is 19.5 Å². The Morgan fingerprint density at radius 2 is 2.09 bits per heavy atom. The van der Waals surface area contributed by atoms with Gasteiger partial charge in [0.2, 0.25) is 0 Å². The molecule has 0 spiro atoms. The van der Waals surface area contributed by atoms with E-state index >= 15 is 0 Å². The van der Waals surface area contributed by atoms with Gasteiger partial charge in [0.1, 0.15) is 0 Å². The fourth-order valence-electron chi connectivity index (χ4n) is 2.50. The Kier molecular flexibility index (Phi) is 7.32. The van der Waals surface area contributed by atoms with E-state index < -0.39 is 0 Å². The summed E-state index contributed by atoms with van der Waals surface area (Å²) < 4.78 is 0. The summed E-state index contributed by atoms with van der Waals surface area (Å²) in [5.41, 5.74) is 1.19. The molecule has 1 aliphatic heterocycles. The van der Waals surface area contributed by atoms with Crippen LogP contribution in [0.2, 0.25) is 0 Å². The molecule has 23 heavy (non-hydrogen) atoms. The van der Waals surface area contributed by atoms with Crippen molar-refractivity contribution in [3.8, 4) is 0 Å². The van der Waals surface area contributed by atoms with Gasteiger partial charge in [-0.25, -0.2) is 4.79 Å². The lowest BCUT2D eigenvalue weighted by Crippen LogP contribution is -2.38. The Hall–Kier alpha value is -1.79. The Morgan fingerprint density at radius 3 is 2.70 bits per heavy atom. The monoisotopic (exact) mass is 340 g/mol. The SMILES string of the molecule is CC(C)NC(=O)Nc1cccc(C(=O)N(C)C2CCNC2)c1.Cl. The van der Waals surface area contributed by atoms with Gasteiger partial charge in [0.05, 0.1) is 0 Å². The molecule has 1 saturated heterocycles. The Morgan fingerprint density at radius 1 is 1.35 bits per heavy atom. The molecule has 2 rings (SSSR count). The average molecular weight is 341 g/mol. The van der Waals surface area contributed by atoms with Gasteiger partial charge in [-0.3, -0.25) is 4.79 Å². The van der Waals surface area contributed by atoms with E-state index in [0.29, 0.717) is 11.3 Å². The lowest BCUT2D eigenvalue weighted by Gasteiger charge is -2.24. The number of rotatable bonds is 4. The highest BCUT2D eigenvalue weighted by atomic mass is 35.5. The molecule has 7 heteroatoms. The summed E-state index contributed by atoms with van der Waals surface area (Å²) in [5, 5.41) is 8.75. The number of amides is 3. The molecule has 3 amide bonds. The summed E-state index contributed by atoms with van der Waals surface area (Å²) in [6.45, 7) is 5.56. The van der Waals surface area contributed by atoms with Crippen molar-refractivity contribution in [3.05, 3.63) is 29.8 Å². The molecule has 1 unspecified atom stereocenters. The fourth-order valence-corrected chi connectivity index (χ4v) is 2.50. The van der Waals surface area contributed by atoms with Gasteiger partial charge in [-0.1, -0.05) is 6.07 Å². The molecule has 6 nitrogen and oxygen atoms in total. The van der Waals surface area contributed by atoms with Crippen molar-refractivity contribution >= 4 is 30.0 Å². The Bertz CT molecular complexity index is 545. The minimum atomic E-state index is -0.270. The smallest absolute Gasteiger partial charge is 0.319 e.